The molecule has 0 aliphatic rings. The number of aromatic nitrogens is 2. The Bertz CT molecular complexity index is 2680. The van der Waals surface area contributed by atoms with E-state index in [0.717, 1.165) is 72.2 Å². The van der Waals surface area contributed by atoms with Crippen molar-refractivity contribution < 1.29 is 26.8 Å². The summed E-state index contributed by atoms with van der Waals surface area (Å²) in [5, 5.41) is 3.33. The minimum atomic E-state index is -0.0880. The van der Waals surface area contributed by atoms with Gasteiger partial charge in [-0.05, 0) is 72.4 Å². The van der Waals surface area contributed by atoms with E-state index in [4.69, 9.17) is 14.4 Å². The Morgan fingerprint density at radius 3 is 1.79 bits per heavy atom. The minimum absolute atomic E-state index is 0. The van der Waals surface area contributed by atoms with Gasteiger partial charge in [0.15, 0.2) is 0 Å². The number of rotatable bonds is 4. The molecule has 0 amide bonds. The summed E-state index contributed by atoms with van der Waals surface area (Å²) < 4.78 is 6.24. The first kappa shape index (κ1) is 40.5. The number of nitrogens with zero attached hydrogens (tertiary/aromatic N) is 2. The van der Waals surface area contributed by atoms with Crippen LogP contribution in [0.4, 0.5) is 0 Å². The molecule has 4 heteroatoms. The zero-order chi connectivity index (χ0) is 39.9. The quantitative estimate of drug-likeness (QED) is 0.130. The van der Waals surface area contributed by atoms with Crippen LogP contribution < -0.4 is 4.98 Å². The van der Waals surface area contributed by atoms with Crippen LogP contribution in [-0.2, 0) is 44.0 Å². The zero-order valence-corrected chi connectivity index (χ0v) is 37.6. The molecular formula is C53H53AuN2O. The Hall–Kier alpha value is -4.67. The average Bonchev–Trinajstić information content (AvgIpc) is 3.77. The average molecular weight is 931 g/mol. The molecule has 0 radical (unpaired) electrons. The van der Waals surface area contributed by atoms with Gasteiger partial charge in [0, 0.05) is 11.1 Å². The van der Waals surface area contributed by atoms with Crippen LogP contribution in [0, 0.1) is 12.1 Å². The Balaban J connectivity index is 0.00000496. The smallest absolute Gasteiger partial charge is 0.656 e. The largest absolute Gasteiger partial charge is 3.00 e. The van der Waals surface area contributed by atoms with Crippen LogP contribution in [0.15, 0.2) is 108 Å². The molecule has 3 aromatic heterocycles. The molecule has 5 aromatic carbocycles. The van der Waals surface area contributed by atoms with E-state index in [-0.39, 0.29) is 44.0 Å². The summed E-state index contributed by atoms with van der Waals surface area (Å²) in [4.78, 5) is 10.8. The third kappa shape index (κ3) is 7.83. The number of hydrogen-bond acceptors (Lipinski definition) is 2. The molecule has 0 bridgehead atoms. The third-order valence-electron chi connectivity index (χ3n) is 11.2. The normalized spacial score (nSPS) is 12.8. The first-order chi connectivity index (χ1) is 26.2. The zero-order valence-electron chi connectivity index (χ0n) is 35.4. The molecule has 3 nitrogen and oxygen atoms in total. The fraction of sp³-hybridized carbons (Fsp3) is 0.302. The van der Waals surface area contributed by atoms with Gasteiger partial charge in [0.1, 0.15) is 5.58 Å². The van der Waals surface area contributed by atoms with Crippen molar-refractivity contribution in [3.05, 3.63) is 138 Å². The fourth-order valence-corrected chi connectivity index (χ4v) is 7.55. The summed E-state index contributed by atoms with van der Waals surface area (Å²) >= 11 is 0. The Morgan fingerprint density at radius 1 is 0.544 bits per heavy atom. The van der Waals surface area contributed by atoms with E-state index >= 15 is 0 Å². The van der Waals surface area contributed by atoms with Gasteiger partial charge in [-0.2, -0.15) is 35.9 Å². The van der Waals surface area contributed by atoms with Gasteiger partial charge in [0.05, 0.1) is 12.0 Å². The second-order valence-electron chi connectivity index (χ2n) is 19.7. The molecule has 0 atom stereocenters. The van der Waals surface area contributed by atoms with E-state index in [0.29, 0.717) is 0 Å². The van der Waals surface area contributed by atoms with Crippen LogP contribution in [0.3, 0.4) is 0 Å². The Kier molecular flexibility index (Phi) is 10.2. The summed E-state index contributed by atoms with van der Waals surface area (Å²) in [5.74, 6) is 0. The summed E-state index contributed by atoms with van der Waals surface area (Å²) in [6.07, 6.45) is 1.76. The number of furan rings is 1. The van der Waals surface area contributed by atoms with E-state index in [2.05, 4.69) is 186 Å². The Labute approximate surface area is 354 Å². The summed E-state index contributed by atoms with van der Waals surface area (Å²) in [6, 6.07) is 42.8. The van der Waals surface area contributed by atoms with Crippen LogP contribution in [0.5, 0.6) is 0 Å². The van der Waals surface area contributed by atoms with Gasteiger partial charge < -0.3 is 9.40 Å². The third-order valence-corrected chi connectivity index (χ3v) is 11.2. The summed E-state index contributed by atoms with van der Waals surface area (Å²) in [6.45, 7) is 27.1. The van der Waals surface area contributed by atoms with Gasteiger partial charge in [-0.3, -0.25) is 4.98 Å². The first-order valence-electron chi connectivity index (χ1n) is 19.9. The molecule has 0 unspecified atom stereocenters. The second kappa shape index (κ2) is 14.3. The molecule has 0 N–H and O–H groups in total. The molecule has 8 rings (SSSR count). The van der Waals surface area contributed by atoms with Gasteiger partial charge in [-0.15, -0.1) is 34.3 Å². The topological polar surface area (TPSA) is 40.1 Å². The van der Waals surface area contributed by atoms with Gasteiger partial charge >= 0.3 is 22.4 Å². The molecule has 8 aromatic rings. The molecule has 0 aliphatic heterocycles. The maximum atomic E-state index is 6.24. The van der Waals surface area contributed by atoms with E-state index in [1.165, 1.54) is 27.6 Å². The predicted molar refractivity (Wildman–Crippen MR) is 237 cm³/mol. The van der Waals surface area contributed by atoms with Crippen molar-refractivity contribution in [1.82, 2.24) is 9.97 Å². The van der Waals surface area contributed by atoms with Crippen molar-refractivity contribution >= 4 is 32.8 Å². The maximum Gasteiger partial charge on any atom is 3.00 e. The maximum absolute atomic E-state index is 6.24. The van der Waals surface area contributed by atoms with E-state index in [9.17, 15) is 0 Å². The molecule has 3 heterocycles. The minimum Gasteiger partial charge on any atom is -0.656 e. The van der Waals surface area contributed by atoms with Crippen LogP contribution in [-0.4, -0.2) is 4.98 Å². The Morgan fingerprint density at radius 2 is 1.16 bits per heavy atom. The second-order valence-corrected chi connectivity index (χ2v) is 19.7. The van der Waals surface area contributed by atoms with Gasteiger partial charge in [0.25, 0.3) is 0 Å². The molecule has 0 saturated carbocycles. The van der Waals surface area contributed by atoms with Crippen molar-refractivity contribution in [1.29, 1.82) is 0 Å². The van der Waals surface area contributed by atoms with Gasteiger partial charge in [0.2, 0.25) is 0 Å². The van der Waals surface area contributed by atoms with Crippen LogP contribution >= 0.6 is 0 Å². The predicted octanol–water partition coefficient (Wildman–Crippen LogP) is 14.5. The molecule has 0 spiro atoms. The molecule has 57 heavy (non-hydrogen) atoms. The van der Waals surface area contributed by atoms with Gasteiger partial charge in [-0.25, -0.2) is 5.56 Å². The SMILES string of the molecule is CC(C)(C)c1c[c-]c(-c2[c-]c(-c3nc(-c4cc(C(C)(C)C)cc5c4[n-]c4ccc(C(C)(C)C)cc45)cc4ccoc34)cc(-c3ccc(C(C)(C)C)cc3)c2)cc1.[Au+3]. The van der Waals surface area contributed by atoms with Crippen LogP contribution in [0.25, 0.3) is 77.5 Å². The molecular weight excluding hydrogens is 878 g/mol. The standard InChI is InChI=1S/C53H53N2O.Au/c1-50(2,3)38-17-13-32(14-18-38)35-25-36(33-15-19-39(20-16-33)51(4,5)6)27-37(26-35)47-49-34(23-24-56-49)28-46(55-47)44-31-41(53(10,11)12)30-43-42-29-40(52(7,8)9)21-22-45(42)54-48(43)44;/h13-15,17-26,28-31H,1-12H3;/q-3;+3. The van der Waals surface area contributed by atoms with E-state index < -0.39 is 0 Å². The summed E-state index contributed by atoms with van der Waals surface area (Å²) in [5.41, 5.74) is 15.5. The molecule has 0 fully saturated rings. The van der Waals surface area contributed by atoms with Crippen LogP contribution in [0.1, 0.15) is 105 Å². The van der Waals surface area contributed by atoms with E-state index in [1.807, 2.05) is 6.07 Å². The molecule has 0 aliphatic carbocycles. The number of pyridine rings is 1. The van der Waals surface area contributed by atoms with Crippen molar-refractivity contribution in [3.63, 3.8) is 0 Å². The fourth-order valence-electron chi connectivity index (χ4n) is 7.55. The van der Waals surface area contributed by atoms with Crippen molar-refractivity contribution in [2.24, 2.45) is 0 Å². The van der Waals surface area contributed by atoms with Crippen LogP contribution in [0.2, 0.25) is 0 Å². The summed E-state index contributed by atoms with van der Waals surface area (Å²) in [7, 11) is 0. The number of benzene rings is 5. The number of hydrogen-bond donors (Lipinski definition) is 0. The van der Waals surface area contributed by atoms with Gasteiger partial charge in [-0.1, -0.05) is 143 Å². The monoisotopic (exact) mass is 930 g/mol. The number of fused-ring (bicyclic) bond motifs is 4. The first-order valence-corrected chi connectivity index (χ1v) is 19.9. The molecule has 0 saturated heterocycles. The molecule has 292 valence electrons. The van der Waals surface area contributed by atoms with E-state index in [1.54, 1.807) is 6.26 Å². The van der Waals surface area contributed by atoms with Crippen molar-refractivity contribution in [2.45, 2.75) is 105 Å². The van der Waals surface area contributed by atoms with Crippen molar-refractivity contribution in [2.75, 3.05) is 0 Å². The van der Waals surface area contributed by atoms with Crippen molar-refractivity contribution in [3.8, 4) is 44.8 Å².